The molecule has 7 nitrogen and oxygen atoms in total. The molecule has 1 amide bonds. The van der Waals surface area contributed by atoms with E-state index >= 15 is 0 Å². The van der Waals surface area contributed by atoms with Crippen molar-refractivity contribution in [2.45, 2.75) is 72.4 Å². The highest BCUT2D eigenvalue weighted by atomic mass is 16.3. The third-order valence-electron chi connectivity index (χ3n) is 6.48. The van der Waals surface area contributed by atoms with Gasteiger partial charge in [-0.15, -0.1) is 0 Å². The van der Waals surface area contributed by atoms with E-state index in [9.17, 15) is 9.59 Å². The minimum Gasteiger partial charge on any atom is -0.460 e. The topological polar surface area (TPSA) is 81.5 Å². The van der Waals surface area contributed by atoms with Crippen molar-refractivity contribution in [3.05, 3.63) is 34.1 Å². The first kappa shape index (κ1) is 19.7. The maximum Gasteiger partial charge on any atom is 0.291 e. The van der Waals surface area contributed by atoms with E-state index in [1.165, 1.54) is 17.5 Å². The number of carbonyl (C=O) groups excluding carboxylic acids is 1. The van der Waals surface area contributed by atoms with Crippen LogP contribution in [0, 0.1) is 25.7 Å². The second-order valence-corrected chi connectivity index (χ2v) is 8.59. The van der Waals surface area contributed by atoms with Crippen molar-refractivity contribution in [3.8, 4) is 0 Å². The first-order chi connectivity index (χ1) is 13.8. The highest BCUT2D eigenvalue weighted by Gasteiger charge is 2.27. The second-order valence-electron chi connectivity index (χ2n) is 8.59. The van der Waals surface area contributed by atoms with E-state index in [4.69, 9.17) is 4.42 Å². The average molecular weight is 399 g/mol. The summed E-state index contributed by atoms with van der Waals surface area (Å²) in [5.74, 6) is 2.76. The molecular weight excluding hydrogens is 368 g/mol. The molecule has 3 heterocycles. The van der Waals surface area contributed by atoms with Crippen LogP contribution < -0.4 is 10.9 Å². The molecule has 1 N–H and O–H groups in total. The quantitative estimate of drug-likeness (QED) is 0.712. The van der Waals surface area contributed by atoms with Crippen LogP contribution in [0.25, 0.3) is 16.6 Å². The first-order valence-corrected chi connectivity index (χ1v) is 10.6. The van der Waals surface area contributed by atoms with Gasteiger partial charge in [-0.2, -0.15) is 5.10 Å². The predicted octanol–water partition coefficient (Wildman–Crippen LogP) is 3.58. The summed E-state index contributed by atoms with van der Waals surface area (Å²) in [5, 5.41) is 7.66. The summed E-state index contributed by atoms with van der Waals surface area (Å²) < 4.78 is 8.96. The largest absolute Gasteiger partial charge is 0.460 e. The zero-order valence-corrected chi connectivity index (χ0v) is 17.7. The standard InChI is InChI=1S/C22H30N4O3/c1-13-7-5-8-17(15(13)3)23-21(27)9-6-10-25-22(28)19-12-20-18(11-14(2)29-20)26(19)16(4)24-25/h11-13,15,17H,5-10H2,1-4H3,(H,23,27)/t13-,15-,17+/m0/s1. The molecule has 4 rings (SSSR count). The van der Waals surface area contributed by atoms with Gasteiger partial charge in [0.2, 0.25) is 5.91 Å². The van der Waals surface area contributed by atoms with E-state index in [2.05, 4.69) is 24.3 Å². The lowest BCUT2D eigenvalue weighted by molar-refractivity contribution is -0.122. The maximum atomic E-state index is 12.8. The normalized spacial score (nSPS) is 22.4. The Hall–Kier alpha value is -2.57. The summed E-state index contributed by atoms with van der Waals surface area (Å²) in [4.78, 5) is 25.2. The number of fused-ring (bicyclic) bond motifs is 3. The number of rotatable bonds is 5. The molecule has 1 fully saturated rings. The molecule has 0 unspecified atom stereocenters. The molecule has 1 aliphatic rings. The molecule has 1 saturated carbocycles. The Labute approximate surface area is 170 Å². The average Bonchev–Trinajstić information content (AvgIpc) is 3.19. The molecule has 29 heavy (non-hydrogen) atoms. The smallest absolute Gasteiger partial charge is 0.291 e. The van der Waals surface area contributed by atoms with Crippen LogP contribution in [0.5, 0.6) is 0 Å². The molecule has 1 aliphatic carbocycles. The van der Waals surface area contributed by atoms with Gasteiger partial charge in [0, 0.05) is 31.1 Å². The Bertz CT molecular complexity index is 1110. The molecule has 0 spiro atoms. The number of aryl methyl sites for hydroxylation is 3. The van der Waals surface area contributed by atoms with Gasteiger partial charge >= 0.3 is 0 Å². The van der Waals surface area contributed by atoms with Crippen molar-refractivity contribution in [2.24, 2.45) is 11.8 Å². The van der Waals surface area contributed by atoms with Crippen LogP contribution in [0.3, 0.4) is 0 Å². The number of furan rings is 1. The van der Waals surface area contributed by atoms with Gasteiger partial charge in [-0.25, -0.2) is 4.68 Å². The van der Waals surface area contributed by atoms with Crippen LogP contribution in [-0.2, 0) is 11.3 Å². The molecule has 3 aromatic rings. The summed E-state index contributed by atoms with van der Waals surface area (Å²) in [6.07, 6.45) is 4.46. The lowest BCUT2D eigenvalue weighted by Crippen LogP contribution is -2.43. The third kappa shape index (κ3) is 3.70. The maximum absolute atomic E-state index is 12.8. The minimum atomic E-state index is -0.158. The van der Waals surface area contributed by atoms with Crippen LogP contribution in [0.1, 0.15) is 57.5 Å². The minimum absolute atomic E-state index is 0.0671. The zero-order chi connectivity index (χ0) is 20.7. The number of hydrogen-bond acceptors (Lipinski definition) is 4. The Morgan fingerprint density at radius 1 is 1.24 bits per heavy atom. The van der Waals surface area contributed by atoms with E-state index in [1.54, 1.807) is 6.07 Å². The predicted molar refractivity (Wildman–Crippen MR) is 112 cm³/mol. The molecule has 0 radical (unpaired) electrons. The van der Waals surface area contributed by atoms with Crippen molar-refractivity contribution in [1.82, 2.24) is 19.5 Å². The van der Waals surface area contributed by atoms with E-state index in [-0.39, 0.29) is 17.5 Å². The summed E-state index contributed by atoms with van der Waals surface area (Å²) >= 11 is 0. The third-order valence-corrected chi connectivity index (χ3v) is 6.48. The van der Waals surface area contributed by atoms with Crippen LogP contribution in [0.2, 0.25) is 0 Å². The summed E-state index contributed by atoms with van der Waals surface area (Å²) in [6, 6.07) is 3.96. The molecule has 0 aliphatic heterocycles. The second kappa shape index (κ2) is 7.69. The van der Waals surface area contributed by atoms with Crippen LogP contribution in [0.15, 0.2) is 21.3 Å². The summed E-state index contributed by atoms with van der Waals surface area (Å²) in [7, 11) is 0. The Kier molecular flexibility index (Phi) is 5.23. The van der Waals surface area contributed by atoms with Gasteiger partial charge in [-0.3, -0.25) is 14.0 Å². The van der Waals surface area contributed by atoms with Gasteiger partial charge in [-0.05, 0) is 38.5 Å². The van der Waals surface area contributed by atoms with Crippen LogP contribution in [-0.4, -0.2) is 26.1 Å². The SMILES string of the molecule is Cc1cc2c(cc3c(=O)n(CCCC(=O)N[C@@H]4CCC[C@H](C)[C@@H]4C)nc(C)n32)o1. The van der Waals surface area contributed by atoms with Gasteiger partial charge in [0.05, 0.1) is 5.52 Å². The number of nitrogens with zero attached hydrogens (tertiary/aromatic N) is 3. The van der Waals surface area contributed by atoms with E-state index in [0.717, 1.165) is 23.5 Å². The zero-order valence-electron chi connectivity index (χ0n) is 17.7. The number of carbonyl (C=O) groups is 1. The molecule has 0 saturated heterocycles. The molecule has 3 aromatic heterocycles. The Morgan fingerprint density at radius 2 is 2.03 bits per heavy atom. The number of hydrogen-bond donors (Lipinski definition) is 1. The molecular formula is C22H30N4O3. The summed E-state index contributed by atoms with van der Waals surface area (Å²) in [6.45, 7) is 8.68. The number of nitrogens with one attached hydrogen (secondary N) is 1. The van der Waals surface area contributed by atoms with Crippen molar-refractivity contribution in [3.63, 3.8) is 0 Å². The van der Waals surface area contributed by atoms with Crippen molar-refractivity contribution in [1.29, 1.82) is 0 Å². The fourth-order valence-electron chi connectivity index (χ4n) is 4.62. The van der Waals surface area contributed by atoms with Crippen molar-refractivity contribution < 1.29 is 9.21 Å². The number of amides is 1. The van der Waals surface area contributed by atoms with E-state index < -0.39 is 0 Å². The fourth-order valence-corrected chi connectivity index (χ4v) is 4.62. The van der Waals surface area contributed by atoms with Crippen LogP contribution >= 0.6 is 0 Å². The fraction of sp³-hybridized carbons (Fsp3) is 0.591. The van der Waals surface area contributed by atoms with Gasteiger partial charge in [0.15, 0.2) is 5.58 Å². The van der Waals surface area contributed by atoms with Gasteiger partial charge in [-0.1, -0.05) is 26.7 Å². The van der Waals surface area contributed by atoms with Crippen LogP contribution in [0.4, 0.5) is 0 Å². The first-order valence-electron chi connectivity index (χ1n) is 10.6. The van der Waals surface area contributed by atoms with Crippen molar-refractivity contribution in [2.75, 3.05) is 0 Å². The number of aromatic nitrogens is 3. The lowest BCUT2D eigenvalue weighted by atomic mass is 9.78. The molecule has 0 aromatic carbocycles. The van der Waals surface area contributed by atoms with E-state index in [1.807, 2.05) is 24.3 Å². The molecule has 0 bridgehead atoms. The highest BCUT2D eigenvalue weighted by molar-refractivity contribution is 5.83. The monoisotopic (exact) mass is 398 g/mol. The van der Waals surface area contributed by atoms with Gasteiger partial charge < -0.3 is 9.73 Å². The Balaban J connectivity index is 1.42. The van der Waals surface area contributed by atoms with Gasteiger partial charge in [0.1, 0.15) is 17.1 Å². The highest BCUT2D eigenvalue weighted by Crippen LogP contribution is 2.29. The van der Waals surface area contributed by atoms with Crippen molar-refractivity contribution >= 4 is 22.5 Å². The molecule has 7 heteroatoms. The molecule has 156 valence electrons. The van der Waals surface area contributed by atoms with Gasteiger partial charge in [0.25, 0.3) is 5.56 Å². The molecule has 3 atom stereocenters. The van der Waals surface area contributed by atoms with E-state index in [0.29, 0.717) is 42.3 Å². The Morgan fingerprint density at radius 3 is 2.83 bits per heavy atom. The lowest BCUT2D eigenvalue weighted by Gasteiger charge is -2.34. The summed E-state index contributed by atoms with van der Waals surface area (Å²) in [5.41, 5.74) is 1.95.